The zero-order chi connectivity index (χ0) is 20.1. The number of hydrogen-bond donors (Lipinski definition) is 1. The zero-order valence-electron chi connectivity index (χ0n) is 15.7. The van der Waals surface area contributed by atoms with Crippen LogP contribution in [-0.2, 0) is 19.6 Å². The van der Waals surface area contributed by atoms with Gasteiger partial charge in [-0.05, 0) is 30.6 Å². The second kappa shape index (κ2) is 9.15. The lowest BCUT2D eigenvalue weighted by molar-refractivity contribution is -0.136. The van der Waals surface area contributed by atoms with Crippen molar-refractivity contribution >= 4 is 33.5 Å². The molecule has 10 heteroatoms. The predicted octanol–water partition coefficient (Wildman–Crippen LogP) is 1.05. The standard InChI is InChI=1S/C18H24N2O6S2/c1-27-11-6-15(18(22)20-7-4-13(21)5-8-20)19-28(23,24)14-2-3-16-17(12-14)26-10-9-25-16/h2-3,12,15,19H,4-11H2,1H3/t15-/m1/s1. The van der Waals surface area contributed by atoms with Crippen molar-refractivity contribution in [2.75, 3.05) is 38.3 Å². The van der Waals surface area contributed by atoms with Crippen LogP contribution in [0.2, 0.25) is 0 Å². The number of thioether (sulfide) groups is 1. The highest BCUT2D eigenvalue weighted by atomic mass is 32.2. The van der Waals surface area contributed by atoms with Crippen LogP contribution in [0.3, 0.4) is 0 Å². The van der Waals surface area contributed by atoms with Crippen LogP contribution in [0.4, 0.5) is 0 Å². The Hall–Kier alpha value is -1.78. The first-order valence-corrected chi connectivity index (χ1v) is 12.0. The summed E-state index contributed by atoms with van der Waals surface area (Å²) in [5.41, 5.74) is 0. The monoisotopic (exact) mass is 428 g/mol. The maximum absolute atomic E-state index is 12.9. The van der Waals surface area contributed by atoms with Gasteiger partial charge in [-0.3, -0.25) is 9.59 Å². The van der Waals surface area contributed by atoms with Crippen molar-refractivity contribution in [2.45, 2.75) is 30.2 Å². The number of nitrogens with one attached hydrogen (secondary N) is 1. The smallest absolute Gasteiger partial charge is 0.241 e. The number of ether oxygens (including phenoxy) is 2. The van der Waals surface area contributed by atoms with E-state index in [1.54, 1.807) is 11.0 Å². The average molecular weight is 429 g/mol. The van der Waals surface area contributed by atoms with E-state index in [1.165, 1.54) is 23.9 Å². The number of nitrogens with zero attached hydrogens (tertiary/aromatic N) is 1. The van der Waals surface area contributed by atoms with E-state index in [0.717, 1.165) is 0 Å². The highest BCUT2D eigenvalue weighted by molar-refractivity contribution is 7.98. The van der Waals surface area contributed by atoms with Gasteiger partial charge in [0, 0.05) is 32.0 Å². The third-order valence-corrected chi connectivity index (χ3v) is 6.78. The summed E-state index contributed by atoms with van der Waals surface area (Å²) in [6.07, 6.45) is 2.90. The molecule has 0 radical (unpaired) electrons. The van der Waals surface area contributed by atoms with E-state index < -0.39 is 16.1 Å². The first-order valence-electron chi connectivity index (χ1n) is 9.12. The van der Waals surface area contributed by atoms with Gasteiger partial charge < -0.3 is 14.4 Å². The Kier molecular flexibility index (Phi) is 6.84. The number of Topliss-reactive ketones (excluding diaryl/α,β-unsaturated/α-hetero) is 1. The van der Waals surface area contributed by atoms with Gasteiger partial charge in [0.2, 0.25) is 15.9 Å². The molecule has 1 N–H and O–H groups in total. The van der Waals surface area contributed by atoms with Crippen LogP contribution in [0.1, 0.15) is 19.3 Å². The van der Waals surface area contributed by atoms with Crippen LogP contribution >= 0.6 is 11.8 Å². The van der Waals surface area contributed by atoms with Gasteiger partial charge in [-0.2, -0.15) is 16.5 Å². The molecule has 0 bridgehead atoms. The largest absolute Gasteiger partial charge is 0.486 e. The second-order valence-electron chi connectivity index (χ2n) is 6.62. The van der Waals surface area contributed by atoms with Crippen molar-refractivity contribution in [1.29, 1.82) is 0 Å². The molecule has 3 rings (SSSR count). The Balaban J connectivity index is 1.77. The Labute approximate surface area is 169 Å². The van der Waals surface area contributed by atoms with Crippen molar-refractivity contribution in [2.24, 2.45) is 0 Å². The lowest BCUT2D eigenvalue weighted by Crippen LogP contribution is -2.51. The molecule has 0 spiro atoms. The number of carbonyl (C=O) groups is 2. The van der Waals surface area contributed by atoms with Crippen LogP contribution in [0.5, 0.6) is 11.5 Å². The number of likely N-dealkylation sites (tertiary alicyclic amines) is 1. The second-order valence-corrected chi connectivity index (χ2v) is 9.32. The molecule has 2 aliphatic rings. The van der Waals surface area contributed by atoms with Crippen molar-refractivity contribution in [3.63, 3.8) is 0 Å². The number of ketones is 1. The Morgan fingerprint density at radius 3 is 2.57 bits per heavy atom. The maximum atomic E-state index is 12.9. The van der Waals surface area contributed by atoms with Crippen LogP contribution in [-0.4, -0.2) is 69.4 Å². The summed E-state index contributed by atoms with van der Waals surface area (Å²) >= 11 is 1.54. The minimum absolute atomic E-state index is 0.0209. The van der Waals surface area contributed by atoms with E-state index in [4.69, 9.17) is 9.47 Å². The fraction of sp³-hybridized carbons (Fsp3) is 0.556. The molecule has 28 heavy (non-hydrogen) atoms. The summed E-state index contributed by atoms with van der Waals surface area (Å²) < 4.78 is 39.2. The Morgan fingerprint density at radius 1 is 1.21 bits per heavy atom. The van der Waals surface area contributed by atoms with E-state index in [9.17, 15) is 18.0 Å². The minimum Gasteiger partial charge on any atom is -0.486 e. The summed E-state index contributed by atoms with van der Waals surface area (Å²) in [5.74, 6) is 1.34. The Morgan fingerprint density at radius 2 is 1.89 bits per heavy atom. The number of carbonyl (C=O) groups excluding carboxylic acids is 2. The first kappa shape index (κ1) is 20.9. The lowest BCUT2D eigenvalue weighted by atomic mass is 10.1. The van der Waals surface area contributed by atoms with Crippen LogP contribution in [0, 0.1) is 0 Å². The van der Waals surface area contributed by atoms with E-state index in [-0.39, 0.29) is 16.6 Å². The quantitative estimate of drug-likeness (QED) is 0.692. The van der Waals surface area contributed by atoms with Crippen molar-refractivity contribution in [1.82, 2.24) is 9.62 Å². The number of benzene rings is 1. The molecule has 2 aliphatic heterocycles. The number of hydrogen-bond acceptors (Lipinski definition) is 7. The fourth-order valence-electron chi connectivity index (χ4n) is 3.11. The van der Waals surface area contributed by atoms with E-state index in [0.29, 0.717) is 62.8 Å². The summed E-state index contributed by atoms with van der Waals surface area (Å²) in [6, 6.07) is 3.52. The fourth-order valence-corrected chi connectivity index (χ4v) is 4.82. The van der Waals surface area contributed by atoms with Crippen molar-refractivity contribution < 1.29 is 27.5 Å². The number of amides is 1. The molecule has 1 atom stereocenters. The zero-order valence-corrected chi connectivity index (χ0v) is 17.3. The molecule has 1 aromatic carbocycles. The van der Waals surface area contributed by atoms with Gasteiger partial charge in [0.1, 0.15) is 25.0 Å². The maximum Gasteiger partial charge on any atom is 0.241 e. The van der Waals surface area contributed by atoms with E-state index >= 15 is 0 Å². The molecule has 0 aromatic heterocycles. The molecule has 0 aliphatic carbocycles. The number of rotatable bonds is 7. The molecule has 1 saturated heterocycles. The number of fused-ring (bicyclic) bond motifs is 1. The van der Waals surface area contributed by atoms with Crippen LogP contribution in [0.15, 0.2) is 23.1 Å². The van der Waals surface area contributed by atoms with Gasteiger partial charge in [0.25, 0.3) is 0 Å². The summed E-state index contributed by atoms with van der Waals surface area (Å²) in [4.78, 5) is 25.9. The molecule has 1 fully saturated rings. The molecule has 154 valence electrons. The lowest BCUT2D eigenvalue weighted by Gasteiger charge is -2.30. The molecule has 0 saturated carbocycles. The van der Waals surface area contributed by atoms with Crippen LogP contribution in [0.25, 0.3) is 0 Å². The van der Waals surface area contributed by atoms with Gasteiger partial charge in [0.05, 0.1) is 4.90 Å². The average Bonchev–Trinajstić information content (AvgIpc) is 2.70. The van der Waals surface area contributed by atoms with E-state index in [2.05, 4.69) is 4.72 Å². The predicted molar refractivity (Wildman–Crippen MR) is 105 cm³/mol. The molecular formula is C18H24N2O6S2. The van der Waals surface area contributed by atoms with Gasteiger partial charge in [-0.1, -0.05) is 0 Å². The third kappa shape index (κ3) is 4.98. The molecule has 2 heterocycles. The van der Waals surface area contributed by atoms with Crippen molar-refractivity contribution in [3.8, 4) is 11.5 Å². The minimum atomic E-state index is -3.93. The SMILES string of the molecule is CSCC[C@@H](NS(=O)(=O)c1ccc2c(c1)OCCO2)C(=O)N1CCC(=O)CC1. The molecule has 8 nitrogen and oxygen atoms in total. The molecular weight excluding hydrogens is 404 g/mol. The normalized spacial score (nSPS) is 18.0. The van der Waals surface area contributed by atoms with Gasteiger partial charge in [-0.25, -0.2) is 8.42 Å². The molecule has 0 unspecified atom stereocenters. The number of piperidine rings is 1. The van der Waals surface area contributed by atoms with E-state index in [1.807, 2.05) is 6.26 Å². The van der Waals surface area contributed by atoms with Gasteiger partial charge in [-0.15, -0.1) is 0 Å². The molecule has 1 amide bonds. The highest BCUT2D eigenvalue weighted by Gasteiger charge is 2.31. The Bertz CT molecular complexity index is 832. The van der Waals surface area contributed by atoms with Crippen molar-refractivity contribution in [3.05, 3.63) is 18.2 Å². The van der Waals surface area contributed by atoms with Crippen LogP contribution < -0.4 is 14.2 Å². The summed E-state index contributed by atoms with van der Waals surface area (Å²) in [6.45, 7) is 1.44. The highest BCUT2D eigenvalue weighted by Crippen LogP contribution is 2.32. The third-order valence-electron chi connectivity index (χ3n) is 4.66. The summed E-state index contributed by atoms with van der Waals surface area (Å²) in [5, 5.41) is 0. The topological polar surface area (TPSA) is 102 Å². The summed E-state index contributed by atoms with van der Waals surface area (Å²) in [7, 11) is -3.93. The van der Waals surface area contributed by atoms with Gasteiger partial charge in [0.15, 0.2) is 11.5 Å². The van der Waals surface area contributed by atoms with Gasteiger partial charge >= 0.3 is 0 Å². The first-order chi connectivity index (χ1) is 13.4. The molecule has 1 aromatic rings. The number of sulfonamides is 1.